The SMILES string of the molecule is CCC(C)(C)c1ccc(S(=O)(=O)NCCSc2cc(C(F)(F)F)nc3ccccc23)cc1. The molecule has 3 aromatic rings. The number of benzene rings is 2. The summed E-state index contributed by atoms with van der Waals surface area (Å²) in [4.78, 5) is 4.26. The Balaban J connectivity index is 1.69. The van der Waals surface area contributed by atoms with E-state index in [1.807, 2.05) is 12.1 Å². The Morgan fingerprint density at radius 1 is 1.03 bits per heavy atom. The molecule has 3 rings (SSSR count). The zero-order chi connectivity index (χ0) is 23.6. The summed E-state index contributed by atoms with van der Waals surface area (Å²) in [7, 11) is -3.71. The van der Waals surface area contributed by atoms with Crippen LogP contribution in [-0.2, 0) is 21.6 Å². The summed E-state index contributed by atoms with van der Waals surface area (Å²) >= 11 is 1.16. The lowest BCUT2D eigenvalue weighted by Crippen LogP contribution is -2.26. The number of nitrogens with one attached hydrogen (secondary N) is 1. The molecule has 32 heavy (non-hydrogen) atoms. The fourth-order valence-corrected chi connectivity index (χ4v) is 5.23. The van der Waals surface area contributed by atoms with Crippen LogP contribution in [0, 0.1) is 0 Å². The third-order valence-electron chi connectivity index (χ3n) is 5.45. The van der Waals surface area contributed by atoms with Gasteiger partial charge in [0, 0.05) is 22.6 Å². The number of alkyl halides is 3. The third-order valence-corrected chi connectivity index (χ3v) is 7.98. The summed E-state index contributed by atoms with van der Waals surface area (Å²) in [6.45, 7) is 6.35. The van der Waals surface area contributed by atoms with Gasteiger partial charge in [-0.25, -0.2) is 18.1 Å². The minimum Gasteiger partial charge on any atom is -0.243 e. The first-order valence-electron chi connectivity index (χ1n) is 10.1. The van der Waals surface area contributed by atoms with Gasteiger partial charge in [-0.3, -0.25) is 0 Å². The predicted molar refractivity (Wildman–Crippen MR) is 122 cm³/mol. The van der Waals surface area contributed by atoms with Crippen LogP contribution >= 0.6 is 11.8 Å². The highest BCUT2D eigenvalue weighted by Gasteiger charge is 2.33. The monoisotopic (exact) mass is 482 g/mol. The largest absolute Gasteiger partial charge is 0.433 e. The van der Waals surface area contributed by atoms with Crippen molar-refractivity contribution < 1.29 is 21.6 Å². The highest BCUT2D eigenvalue weighted by molar-refractivity contribution is 7.99. The molecule has 0 unspecified atom stereocenters. The number of para-hydroxylation sites is 1. The van der Waals surface area contributed by atoms with Crippen molar-refractivity contribution in [3.05, 3.63) is 65.9 Å². The topological polar surface area (TPSA) is 59.1 Å². The average Bonchev–Trinajstić information content (AvgIpc) is 2.76. The predicted octanol–water partition coefficient (Wildman–Crippen LogP) is 6.01. The molecule has 0 spiro atoms. The summed E-state index contributed by atoms with van der Waals surface area (Å²) in [6.07, 6.45) is -3.63. The highest BCUT2D eigenvalue weighted by atomic mass is 32.2. The van der Waals surface area contributed by atoms with Gasteiger partial charge in [0.25, 0.3) is 0 Å². The normalized spacial score (nSPS) is 12.9. The zero-order valence-electron chi connectivity index (χ0n) is 18.0. The number of hydrogen-bond donors (Lipinski definition) is 1. The molecule has 0 amide bonds. The molecular formula is C23H25F3N2O2S2. The van der Waals surface area contributed by atoms with Crippen LogP contribution in [0.3, 0.4) is 0 Å². The van der Waals surface area contributed by atoms with Gasteiger partial charge in [0.05, 0.1) is 10.4 Å². The second-order valence-corrected chi connectivity index (χ2v) is 10.9. The van der Waals surface area contributed by atoms with Crippen molar-refractivity contribution >= 4 is 32.7 Å². The van der Waals surface area contributed by atoms with Crippen molar-refractivity contribution in [2.45, 2.75) is 48.6 Å². The van der Waals surface area contributed by atoms with E-state index in [4.69, 9.17) is 0 Å². The Kier molecular flexibility index (Phi) is 7.21. The van der Waals surface area contributed by atoms with Crippen molar-refractivity contribution in [3.8, 4) is 0 Å². The van der Waals surface area contributed by atoms with Gasteiger partial charge in [-0.15, -0.1) is 11.8 Å². The molecule has 4 nitrogen and oxygen atoms in total. The Labute approximate surface area is 190 Å². The first-order chi connectivity index (χ1) is 14.9. The fraction of sp³-hybridized carbons (Fsp3) is 0.348. The number of nitrogens with zero attached hydrogens (tertiary/aromatic N) is 1. The lowest BCUT2D eigenvalue weighted by molar-refractivity contribution is -0.141. The molecule has 0 aliphatic rings. The van der Waals surface area contributed by atoms with E-state index in [1.165, 1.54) is 6.07 Å². The molecule has 1 N–H and O–H groups in total. The standard InChI is InChI=1S/C23H25F3N2O2S2/c1-4-22(2,3)16-9-11-17(12-10-16)32(29,30)27-13-14-31-20-15-21(23(24,25)26)28-19-8-6-5-7-18(19)20/h5-12,15,27H,4,13-14H2,1-3H3. The summed E-state index contributed by atoms with van der Waals surface area (Å²) < 4.78 is 67.3. The Bertz CT molecular complexity index is 1190. The van der Waals surface area contributed by atoms with Crippen LogP contribution in [0.4, 0.5) is 13.2 Å². The molecule has 0 radical (unpaired) electrons. The maximum atomic E-state index is 13.2. The van der Waals surface area contributed by atoms with Crippen LogP contribution in [0.5, 0.6) is 0 Å². The molecule has 0 atom stereocenters. The van der Waals surface area contributed by atoms with Gasteiger partial charge in [-0.05, 0) is 41.7 Å². The van der Waals surface area contributed by atoms with Crippen LogP contribution in [0.2, 0.25) is 0 Å². The van der Waals surface area contributed by atoms with Crippen molar-refractivity contribution in [1.82, 2.24) is 9.71 Å². The lowest BCUT2D eigenvalue weighted by Gasteiger charge is -2.23. The van der Waals surface area contributed by atoms with Crippen molar-refractivity contribution in [3.63, 3.8) is 0 Å². The molecule has 0 bridgehead atoms. The van der Waals surface area contributed by atoms with Crippen LogP contribution in [0.1, 0.15) is 38.4 Å². The summed E-state index contributed by atoms with van der Waals surface area (Å²) in [6, 6.07) is 14.4. The van der Waals surface area contributed by atoms with Gasteiger partial charge in [-0.2, -0.15) is 13.2 Å². The molecule has 9 heteroatoms. The van der Waals surface area contributed by atoms with Gasteiger partial charge in [0.2, 0.25) is 10.0 Å². The van der Waals surface area contributed by atoms with E-state index in [0.717, 1.165) is 29.8 Å². The van der Waals surface area contributed by atoms with Gasteiger partial charge in [-0.1, -0.05) is 51.1 Å². The number of sulfonamides is 1. The fourth-order valence-electron chi connectivity index (χ4n) is 3.12. The Morgan fingerprint density at radius 2 is 1.69 bits per heavy atom. The van der Waals surface area contributed by atoms with Crippen LogP contribution in [-0.4, -0.2) is 25.7 Å². The van der Waals surface area contributed by atoms with E-state index in [2.05, 4.69) is 30.5 Å². The second-order valence-electron chi connectivity index (χ2n) is 8.03. The van der Waals surface area contributed by atoms with E-state index in [9.17, 15) is 21.6 Å². The summed E-state index contributed by atoms with van der Waals surface area (Å²) in [5.74, 6) is 0.269. The van der Waals surface area contributed by atoms with E-state index in [0.29, 0.717) is 10.3 Å². The maximum Gasteiger partial charge on any atom is 0.433 e. The quantitative estimate of drug-likeness (QED) is 0.315. The second kappa shape index (κ2) is 9.41. The number of fused-ring (bicyclic) bond motifs is 1. The number of aromatic nitrogens is 1. The molecule has 2 aromatic carbocycles. The maximum absolute atomic E-state index is 13.2. The molecular weight excluding hydrogens is 457 g/mol. The molecule has 1 heterocycles. The molecule has 0 fully saturated rings. The number of thioether (sulfide) groups is 1. The van der Waals surface area contributed by atoms with Crippen molar-refractivity contribution in [1.29, 1.82) is 0 Å². The van der Waals surface area contributed by atoms with Crippen LogP contribution in [0.25, 0.3) is 10.9 Å². The van der Waals surface area contributed by atoms with Crippen LogP contribution < -0.4 is 4.72 Å². The van der Waals surface area contributed by atoms with Gasteiger partial charge in [0.1, 0.15) is 5.69 Å². The molecule has 0 saturated heterocycles. The number of hydrogen-bond acceptors (Lipinski definition) is 4. The van der Waals surface area contributed by atoms with E-state index >= 15 is 0 Å². The van der Waals surface area contributed by atoms with Crippen molar-refractivity contribution in [2.24, 2.45) is 0 Å². The smallest absolute Gasteiger partial charge is 0.243 e. The van der Waals surface area contributed by atoms with Gasteiger partial charge >= 0.3 is 6.18 Å². The van der Waals surface area contributed by atoms with Crippen molar-refractivity contribution in [2.75, 3.05) is 12.3 Å². The average molecular weight is 483 g/mol. The number of halogens is 3. The van der Waals surface area contributed by atoms with E-state index < -0.39 is 21.9 Å². The Morgan fingerprint density at radius 3 is 2.31 bits per heavy atom. The zero-order valence-corrected chi connectivity index (χ0v) is 19.7. The third kappa shape index (κ3) is 5.63. The summed E-state index contributed by atoms with van der Waals surface area (Å²) in [5, 5.41) is 0.600. The molecule has 0 saturated carbocycles. The summed E-state index contributed by atoms with van der Waals surface area (Å²) in [5.41, 5.74) is 0.295. The first kappa shape index (κ1) is 24.5. The Hall–Kier alpha value is -2.10. The highest BCUT2D eigenvalue weighted by Crippen LogP contribution is 2.34. The number of pyridine rings is 1. The molecule has 1 aromatic heterocycles. The van der Waals surface area contributed by atoms with E-state index in [1.54, 1.807) is 30.3 Å². The van der Waals surface area contributed by atoms with Crippen LogP contribution in [0.15, 0.2) is 64.4 Å². The molecule has 0 aliphatic heterocycles. The minimum atomic E-state index is -4.56. The van der Waals surface area contributed by atoms with E-state index in [-0.39, 0.29) is 28.1 Å². The minimum absolute atomic E-state index is 0.0467. The molecule has 172 valence electrons. The number of rotatable bonds is 8. The van der Waals surface area contributed by atoms with Gasteiger partial charge in [0.15, 0.2) is 0 Å². The van der Waals surface area contributed by atoms with Gasteiger partial charge < -0.3 is 0 Å². The molecule has 0 aliphatic carbocycles. The lowest BCUT2D eigenvalue weighted by atomic mass is 9.82. The first-order valence-corrected chi connectivity index (χ1v) is 12.6.